The summed E-state index contributed by atoms with van der Waals surface area (Å²) in [5, 5.41) is 5.83. The molecular formula is C16H20N2O2S2. The number of nitrogens with one attached hydrogen (secondary N) is 1. The predicted octanol–water partition coefficient (Wildman–Crippen LogP) is 2.83. The van der Waals surface area contributed by atoms with Gasteiger partial charge in [-0.3, -0.25) is 9.00 Å². The van der Waals surface area contributed by atoms with Crippen LogP contribution >= 0.6 is 11.3 Å². The molecule has 1 aromatic carbocycles. The van der Waals surface area contributed by atoms with E-state index in [1.165, 1.54) is 0 Å². The van der Waals surface area contributed by atoms with Crippen LogP contribution in [0.5, 0.6) is 0 Å². The maximum absolute atomic E-state index is 12.1. The second kappa shape index (κ2) is 8.19. The SMILES string of the molecule is CCc1nc(CS(=O)CC(=O)NC(C)c2ccccc2)cs1. The van der Waals surface area contributed by atoms with E-state index in [-0.39, 0.29) is 17.7 Å². The van der Waals surface area contributed by atoms with E-state index in [1.807, 2.05) is 49.6 Å². The maximum atomic E-state index is 12.1. The Morgan fingerprint density at radius 3 is 2.73 bits per heavy atom. The number of carbonyl (C=O) groups excluding carboxylic acids is 1. The van der Waals surface area contributed by atoms with Gasteiger partial charge in [-0.2, -0.15) is 0 Å². The van der Waals surface area contributed by atoms with Gasteiger partial charge in [0.05, 0.1) is 22.5 Å². The lowest BCUT2D eigenvalue weighted by Crippen LogP contribution is -2.31. The van der Waals surface area contributed by atoms with E-state index in [1.54, 1.807) is 11.3 Å². The van der Waals surface area contributed by atoms with Gasteiger partial charge in [0.2, 0.25) is 5.91 Å². The van der Waals surface area contributed by atoms with Crippen LogP contribution in [-0.2, 0) is 27.8 Å². The zero-order valence-electron chi connectivity index (χ0n) is 12.7. The van der Waals surface area contributed by atoms with E-state index in [9.17, 15) is 9.00 Å². The molecular weight excluding hydrogens is 316 g/mol. The van der Waals surface area contributed by atoms with Crippen LogP contribution in [-0.4, -0.2) is 20.9 Å². The molecule has 118 valence electrons. The molecule has 0 spiro atoms. The first-order valence-electron chi connectivity index (χ1n) is 7.21. The summed E-state index contributed by atoms with van der Waals surface area (Å²) >= 11 is 1.57. The van der Waals surface area contributed by atoms with Crippen molar-refractivity contribution in [3.05, 3.63) is 52.0 Å². The average molecular weight is 336 g/mol. The molecule has 0 aliphatic heterocycles. The van der Waals surface area contributed by atoms with Gasteiger partial charge in [-0.15, -0.1) is 11.3 Å². The lowest BCUT2D eigenvalue weighted by molar-refractivity contribution is -0.119. The van der Waals surface area contributed by atoms with E-state index in [0.717, 1.165) is 22.7 Å². The summed E-state index contributed by atoms with van der Waals surface area (Å²) in [5.74, 6) is 0.153. The van der Waals surface area contributed by atoms with Crippen LogP contribution in [0.2, 0.25) is 0 Å². The molecule has 1 N–H and O–H groups in total. The fraction of sp³-hybridized carbons (Fsp3) is 0.375. The van der Waals surface area contributed by atoms with Crippen molar-refractivity contribution in [2.24, 2.45) is 0 Å². The summed E-state index contributed by atoms with van der Waals surface area (Å²) in [7, 11) is -1.23. The Kier molecular flexibility index (Phi) is 6.27. The molecule has 2 rings (SSSR count). The summed E-state index contributed by atoms with van der Waals surface area (Å²) in [6.45, 7) is 3.96. The third-order valence-corrected chi connectivity index (χ3v) is 5.42. The largest absolute Gasteiger partial charge is 0.349 e. The second-order valence-corrected chi connectivity index (χ2v) is 7.41. The number of hydrogen-bond acceptors (Lipinski definition) is 4. The minimum atomic E-state index is -1.23. The highest BCUT2D eigenvalue weighted by Crippen LogP contribution is 2.13. The van der Waals surface area contributed by atoms with Gasteiger partial charge < -0.3 is 5.32 Å². The van der Waals surface area contributed by atoms with E-state index < -0.39 is 10.8 Å². The predicted molar refractivity (Wildman–Crippen MR) is 91.2 cm³/mol. The minimum Gasteiger partial charge on any atom is -0.349 e. The van der Waals surface area contributed by atoms with Crippen LogP contribution in [0.25, 0.3) is 0 Å². The number of aromatic nitrogens is 1. The van der Waals surface area contributed by atoms with Crippen molar-refractivity contribution in [2.45, 2.75) is 32.1 Å². The highest BCUT2D eigenvalue weighted by molar-refractivity contribution is 7.84. The third-order valence-electron chi connectivity index (χ3n) is 3.18. The fourth-order valence-electron chi connectivity index (χ4n) is 2.05. The highest BCUT2D eigenvalue weighted by atomic mass is 32.2. The quantitative estimate of drug-likeness (QED) is 0.846. The normalized spacial score (nSPS) is 13.5. The first-order valence-corrected chi connectivity index (χ1v) is 9.57. The van der Waals surface area contributed by atoms with Gasteiger partial charge in [-0.05, 0) is 18.9 Å². The lowest BCUT2D eigenvalue weighted by atomic mass is 10.1. The number of amides is 1. The van der Waals surface area contributed by atoms with Crippen molar-refractivity contribution >= 4 is 28.0 Å². The molecule has 1 heterocycles. The summed E-state index contributed by atoms with van der Waals surface area (Å²) in [6.07, 6.45) is 0.881. The molecule has 0 fully saturated rings. The number of thiazole rings is 1. The summed E-state index contributed by atoms with van der Waals surface area (Å²) in [5.41, 5.74) is 1.85. The molecule has 2 aromatic rings. The van der Waals surface area contributed by atoms with Gasteiger partial charge in [0.25, 0.3) is 0 Å². The van der Waals surface area contributed by atoms with Crippen LogP contribution in [0.4, 0.5) is 0 Å². The Labute approximate surface area is 137 Å². The monoisotopic (exact) mass is 336 g/mol. The number of rotatable bonds is 7. The summed E-state index contributed by atoms with van der Waals surface area (Å²) in [6, 6.07) is 9.64. The van der Waals surface area contributed by atoms with Gasteiger partial charge in [-0.1, -0.05) is 37.3 Å². The number of nitrogens with zero attached hydrogens (tertiary/aromatic N) is 1. The molecule has 1 aromatic heterocycles. The van der Waals surface area contributed by atoms with Crippen molar-refractivity contribution in [3.8, 4) is 0 Å². The Morgan fingerprint density at radius 2 is 2.09 bits per heavy atom. The van der Waals surface area contributed by atoms with Crippen LogP contribution in [0.15, 0.2) is 35.7 Å². The topological polar surface area (TPSA) is 59.1 Å². The lowest BCUT2D eigenvalue weighted by Gasteiger charge is -2.13. The number of benzene rings is 1. The third kappa shape index (κ3) is 5.03. The van der Waals surface area contributed by atoms with Crippen LogP contribution in [0.3, 0.4) is 0 Å². The molecule has 0 aliphatic carbocycles. The molecule has 0 bridgehead atoms. The molecule has 2 atom stereocenters. The molecule has 2 unspecified atom stereocenters. The molecule has 0 aliphatic rings. The van der Waals surface area contributed by atoms with Crippen molar-refractivity contribution in [1.82, 2.24) is 10.3 Å². The highest BCUT2D eigenvalue weighted by Gasteiger charge is 2.13. The maximum Gasteiger partial charge on any atom is 0.233 e. The Balaban J connectivity index is 1.82. The summed E-state index contributed by atoms with van der Waals surface area (Å²) in [4.78, 5) is 16.3. The average Bonchev–Trinajstić information content (AvgIpc) is 2.95. The van der Waals surface area contributed by atoms with E-state index in [0.29, 0.717) is 5.75 Å². The fourth-order valence-corrected chi connectivity index (χ4v) is 3.85. The zero-order valence-corrected chi connectivity index (χ0v) is 14.4. The Bertz CT molecular complexity index is 641. The minimum absolute atomic E-state index is 0.0101. The van der Waals surface area contributed by atoms with Crippen LogP contribution in [0.1, 0.15) is 36.2 Å². The van der Waals surface area contributed by atoms with Gasteiger partial charge in [0.15, 0.2) is 0 Å². The van der Waals surface area contributed by atoms with Crippen molar-refractivity contribution < 1.29 is 9.00 Å². The van der Waals surface area contributed by atoms with Gasteiger partial charge in [0, 0.05) is 16.2 Å². The molecule has 1 amide bonds. The van der Waals surface area contributed by atoms with Crippen molar-refractivity contribution in [2.75, 3.05) is 5.75 Å². The van der Waals surface area contributed by atoms with Gasteiger partial charge in [-0.25, -0.2) is 4.98 Å². The van der Waals surface area contributed by atoms with E-state index in [2.05, 4.69) is 10.3 Å². The van der Waals surface area contributed by atoms with Crippen LogP contribution < -0.4 is 5.32 Å². The number of carbonyl (C=O) groups is 1. The summed E-state index contributed by atoms with van der Waals surface area (Å²) < 4.78 is 12.1. The Hall–Kier alpha value is -1.53. The smallest absolute Gasteiger partial charge is 0.233 e. The Morgan fingerprint density at radius 1 is 1.36 bits per heavy atom. The second-order valence-electron chi connectivity index (χ2n) is 5.01. The van der Waals surface area contributed by atoms with Crippen molar-refractivity contribution in [3.63, 3.8) is 0 Å². The molecule has 6 heteroatoms. The van der Waals surface area contributed by atoms with Gasteiger partial charge >= 0.3 is 0 Å². The molecule has 0 radical (unpaired) electrons. The molecule has 0 saturated heterocycles. The standard InChI is InChI=1S/C16H20N2O2S2/c1-3-16-18-14(9-21-16)10-22(20)11-15(19)17-12(2)13-7-5-4-6-8-13/h4-9,12H,3,10-11H2,1-2H3,(H,17,19). The van der Waals surface area contributed by atoms with Gasteiger partial charge in [0.1, 0.15) is 5.75 Å². The first kappa shape index (κ1) is 16.8. The molecule has 0 saturated carbocycles. The molecule has 22 heavy (non-hydrogen) atoms. The van der Waals surface area contributed by atoms with E-state index >= 15 is 0 Å². The van der Waals surface area contributed by atoms with Crippen LogP contribution in [0, 0.1) is 0 Å². The first-order chi connectivity index (χ1) is 10.6. The molecule has 4 nitrogen and oxygen atoms in total. The van der Waals surface area contributed by atoms with Crippen molar-refractivity contribution in [1.29, 1.82) is 0 Å². The number of aryl methyl sites for hydroxylation is 1. The number of hydrogen-bond donors (Lipinski definition) is 1. The van der Waals surface area contributed by atoms with E-state index in [4.69, 9.17) is 0 Å². The zero-order chi connectivity index (χ0) is 15.9.